The Hall–Kier alpha value is -1.80. The summed E-state index contributed by atoms with van der Waals surface area (Å²) in [5, 5.41) is 3.38. The third-order valence-corrected chi connectivity index (χ3v) is 3.58. The molecule has 20 heavy (non-hydrogen) atoms. The lowest BCUT2D eigenvalue weighted by Crippen LogP contribution is -2.25. The van der Waals surface area contributed by atoms with Crippen molar-refractivity contribution in [1.82, 2.24) is 5.32 Å². The van der Waals surface area contributed by atoms with Gasteiger partial charge >= 0.3 is 0 Å². The van der Waals surface area contributed by atoms with Crippen LogP contribution in [0, 0.1) is 13.8 Å². The minimum atomic E-state index is 0.0386. The molecule has 0 fully saturated rings. The van der Waals surface area contributed by atoms with E-state index in [2.05, 4.69) is 56.4 Å². The molecule has 2 nitrogen and oxygen atoms in total. The van der Waals surface area contributed by atoms with Gasteiger partial charge < -0.3 is 10.1 Å². The molecule has 2 aromatic carbocycles. The molecular weight excluding hydrogens is 246 g/mol. The Bertz CT molecular complexity index is 536. The van der Waals surface area contributed by atoms with E-state index in [1.807, 2.05) is 18.2 Å². The minimum absolute atomic E-state index is 0.0386. The van der Waals surface area contributed by atoms with E-state index in [0.29, 0.717) is 0 Å². The van der Waals surface area contributed by atoms with E-state index < -0.39 is 0 Å². The molecule has 0 aromatic heterocycles. The molecular formula is C18H23NO. The van der Waals surface area contributed by atoms with E-state index in [1.165, 1.54) is 16.7 Å². The number of hydrogen-bond donors (Lipinski definition) is 1. The van der Waals surface area contributed by atoms with E-state index in [1.54, 1.807) is 0 Å². The van der Waals surface area contributed by atoms with Crippen LogP contribution in [0.3, 0.4) is 0 Å². The fourth-order valence-corrected chi connectivity index (χ4v) is 2.18. The zero-order valence-corrected chi connectivity index (χ0v) is 12.5. The van der Waals surface area contributed by atoms with E-state index in [-0.39, 0.29) is 6.10 Å². The second kappa shape index (κ2) is 7.11. The molecule has 2 rings (SSSR count). The van der Waals surface area contributed by atoms with Gasteiger partial charge in [-0.1, -0.05) is 49.4 Å². The van der Waals surface area contributed by atoms with Gasteiger partial charge in [-0.2, -0.15) is 0 Å². The lowest BCUT2D eigenvalue weighted by atomic mass is 10.1. The van der Waals surface area contributed by atoms with Gasteiger partial charge in [-0.15, -0.1) is 0 Å². The van der Waals surface area contributed by atoms with Gasteiger partial charge in [-0.05, 0) is 43.1 Å². The molecule has 0 heterocycles. The Kier molecular flexibility index (Phi) is 5.19. The van der Waals surface area contributed by atoms with Gasteiger partial charge in [0.05, 0.1) is 0 Å². The highest BCUT2D eigenvalue weighted by molar-refractivity contribution is 5.38. The fraction of sp³-hybridized carbons (Fsp3) is 0.333. The Balaban J connectivity index is 2.21. The van der Waals surface area contributed by atoms with Crippen molar-refractivity contribution in [3.63, 3.8) is 0 Å². The summed E-state index contributed by atoms with van der Waals surface area (Å²) < 4.78 is 6.25. The first kappa shape index (κ1) is 14.6. The molecule has 0 aliphatic carbocycles. The summed E-state index contributed by atoms with van der Waals surface area (Å²) in [6, 6.07) is 16.6. The largest absolute Gasteiger partial charge is 0.484 e. The van der Waals surface area contributed by atoms with Gasteiger partial charge in [0, 0.05) is 6.54 Å². The molecule has 0 saturated heterocycles. The lowest BCUT2D eigenvalue weighted by molar-refractivity contribution is 0.201. The van der Waals surface area contributed by atoms with Crippen LogP contribution in [0.2, 0.25) is 0 Å². The van der Waals surface area contributed by atoms with Crippen molar-refractivity contribution >= 4 is 0 Å². The molecule has 0 saturated carbocycles. The molecule has 0 amide bonds. The SMILES string of the molecule is CCNCC(Oc1cccc(C)c1C)c1ccccc1. The molecule has 106 valence electrons. The second-order valence-electron chi connectivity index (χ2n) is 5.02. The Morgan fingerprint density at radius 1 is 1.00 bits per heavy atom. The van der Waals surface area contributed by atoms with E-state index >= 15 is 0 Å². The molecule has 0 bridgehead atoms. The second-order valence-corrected chi connectivity index (χ2v) is 5.02. The smallest absolute Gasteiger partial charge is 0.136 e. The van der Waals surface area contributed by atoms with Crippen LogP contribution in [0.4, 0.5) is 0 Å². The van der Waals surface area contributed by atoms with Crippen LogP contribution >= 0.6 is 0 Å². The van der Waals surface area contributed by atoms with E-state index in [4.69, 9.17) is 4.74 Å². The van der Waals surface area contributed by atoms with Crippen LogP contribution in [-0.2, 0) is 0 Å². The summed E-state index contributed by atoms with van der Waals surface area (Å²) in [6.07, 6.45) is 0.0386. The summed E-state index contributed by atoms with van der Waals surface area (Å²) in [5.74, 6) is 0.969. The average Bonchev–Trinajstić information content (AvgIpc) is 2.48. The highest BCUT2D eigenvalue weighted by Crippen LogP contribution is 2.26. The topological polar surface area (TPSA) is 21.3 Å². The van der Waals surface area contributed by atoms with Gasteiger partial charge in [0.15, 0.2) is 0 Å². The van der Waals surface area contributed by atoms with Crippen molar-refractivity contribution in [3.05, 3.63) is 65.2 Å². The molecule has 0 radical (unpaired) electrons. The number of hydrogen-bond acceptors (Lipinski definition) is 2. The minimum Gasteiger partial charge on any atom is -0.484 e. The Labute approximate surface area is 121 Å². The van der Waals surface area contributed by atoms with Crippen molar-refractivity contribution in [2.45, 2.75) is 26.9 Å². The normalized spacial score (nSPS) is 12.2. The maximum absolute atomic E-state index is 6.25. The van der Waals surface area contributed by atoms with Crippen LogP contribution in [0.1, 0.15) is 29.7 Å². The zero-order chi connectivity index (χ0) is 14.4. The monoisotopic (exact) mass is 269 g/mol. The first-order chi connectivity index (χ1) is 9.72. The van der Waals surface area contributed by atoms with Crippen molar-refractivity contribution in [1.29, 1.82) is 0 Å². The fourth-order valence-electron chi connectivity index (χ4n) is 2.18. The summed E-state index contributed by atoms with van der Waals surface area (Å²) in [7, 11) is 0. The lowest BCUT2D eigenvalue weighted by Gasteiger charge is -2.21. The van der Waals surface area contributed by atoms with Gasteiger partial charge in [-0.25, -0.2) is 0 Å². The number of ether oxygens (including phenoxy) is 1. The maximum Gasteiger partial charge on any atom is 0.136 e. The molecule has 2 aromatic rings. The Morgan fingerprint density at radius 2 is 1.75 bits per heavy atom. The van der Waals surface area contributed by atoms with Gasteiger partial charge in [-0.3, -0.25) is 0 Å². The quantitative estimate of drug-likeness (QED) is 0.854. The molecule has 1 atom stereocenters. The molecule has 0 spiro atoms. The van der Waals surface area contributed by atoms with E-state index in [0.717, 1.165) is 18.8 Å². The molecule has 1 unspecified atom stereocenters. The maximum atomic E-state index is 6.25. The summed E-state index contributed by atoms with van der Waals surface area (Å²) in [4.78, 5) is 0. The number of likely N-dealkylation sites (N-methyl/N-ethyl adjacent to an activating group) is 1. The molecule has 2 heteroatoms. The third kappa shape index (κ3) is 3.61. The Morgan fingerprint density at radius 3 is 2.45 bits per heavy atom. The summed E-state index contributed by atoms with van der Waals surface area (Å²) >= 11 is 0. The standard InChI is InChI=1S/C18H23NO/c1-4-19-13-18(16-10-6-5-7-11-16)20-17-12-8-9-14(2)15(17)3/h5-12,18-19H,4,13H2,1-3H3. The highest BCUT2D eigenvalue weighted by Gasteiger charge is 2.14. The molecule has 0 aliphatic rings. The van der Waals surface area contributed by atoms with E-state index in [9.17, 15) is 0 Å². The van der Waals surface area contributed by atoms with Crippen LogP contribution in [0.5, 0.6) is 5.75 Å². The number of nitrogens with one attached hydrogen (secondary N) is 1. The molecule has 1 N–H and O–H groups in total. The first-order valence-corrected chi connectivity index (χ1v) is 7.21. The average molecular weight is 269 g/mol. The first-order valence-electron chi connectivity index (χ1n) is 7.21. The van der Waals surface area contributed by atoms with Crippen LogP contribution in [0.25, 0.3) is 0 Å². The van der Waals surface area contributed by atoms with Gasteiger partial charge in [0.25, 0.3) is 0 Å². The summed E-state index contributed by atoms with van der Waals surface area (Å²) in [6.45, 7) is 8.09. The van der Waals surface area contributed by atoms with Gasteiger partial charge in [0.1, 0.15) is 11.9 Å². The number of aryl methyl sites for hydroxylation is 1. The highest BCUT2D eigenvalue weighted by atomic mass is 16.5. The number of benzene rings is 2. The number of rotatable bonds is 6. The van der Waals surface area contributed by atoms with Crippen molar-refractivity contribution in [2.24, 2.45) is 0 Å². The van der Waals surface area contributed by atoms with Gasteiger partial charge in [0.2, 0.25) is 0 Å². The predicted octanol–water partition coefficient (Wildman–Crippen LogP) is 4.03. The van der Waals surface area contributed by atoms with Crippen LogP contribution in [-0.4, -0.2) is 13.1 Å². The van der Waals surface area contributed by atoms with Crippen molar-refractivity contribution < 1.29 is 4.74 Å². The zero-order valence-electron chi connectivity index (χ0n) is 12.5. The van der Waals surface area contributed by atoms with Crippen LogP contribution < -0.4 is 10.1 Å². The van der Waals surface area contributed by atoms with Crippen LogP contribution in [0.15, 0.2) is 48.5 Å². The predicted molar refractivity (Wildman–Crippen MR) is 84.3 cm³/mol. The summed E-state index contributed by atoms with van der Waals surface area (Å²) in [5.41, 5.74) is 3.68. The third-order valence-electron chi connectivity index (χ3n) is 3.58. The molecule has 0 aliphatic heterocycles. The van der Waals surface area contributed by atoms with Crippen molar-refractivity contribution in [3.8, 4) is 5.75 Å². The van der Waals surface area contributed by atoms with Crippen molar-refractivity contribution in [2.75, 3.05) is 13.1 Å².